The van der Waals surface area contributed by atoms with Crippen molar-refractivity contribution in [2.75, 3.05) is 6.61 Å². The molecule has 0 aromatic carbocycles. The van der Waals surface area contributed by atoms with Crippen molar-refractivity contribution in [2.45, 2.75) is 124 Å². The molecule has 4 aliphatic rings. The van der Waals surface area contributed by atoms with E-state index in [9.17, 15) is 5.11 Å². The van der Waals surface area contributed by atoms with Crippen molar-refractivity contribution in [1.82, 2.24) is 0 Å². The molecule has 15 atom stereocenters. The third-order valence-electron chi connectivity index (χ3n) is 9.20. The van der Waals surface area contributed by atoms with Gasteiger partial charge in [-0.15, -0.1) is 0 Å². The summed E-state index contributed by atoms with van der Waals surface area (Å²) in [5.41, 5.74) is 0. The predicted octanol–water partition coefficient (Wildman–Crippen LogP) is 3.96. The van der Waals surface area contributed by atoms with E-state index in [2.05, 4.69) is 48.5 Å². The number of hydrogen-bond acceptors (Lipinski definition) is 7. The van der Waals surface area contributed by atoms with Crippen molar-refractivity contribution in [3.05, 3.63) is 0 Å². The first-order valence-electron chi connectivity index (χ1n) is 13.2. The lowest BCUT2D eigenvalue weighted by Crippen LogP contribution is -2.57. The molecule has 4 heterocycles. The van der Waals surface area contributed by atoms with E-state index in [0.717, 1.165) is 12.8 Å². The van der Waals surface area contributed by atoms with Gasteiger partial charge in [0.15, 0.2) is 18.9 Å². The van der Waals surface area contributed by atoms with E-state index in [1.807, 2.05) is 6.92 Å². The molecule has 0 saturated carbocycles. The van der Waals surface area contributed by atoms with Gasteiger partial charge in [-0.2, -0.15) is 0 Å². The van der Waals surface area contributed by atoms with Crippen LogP contribution in [0.25, 0.3) is 0 Å². The second-order valence-corrected chi connectivity index (χ2v) is 11.1. The van der Waals surface area contributed by atoms with Crippen LogP contribution in [0.3, 0.4) is 0 Å². The van der Waals surface area contributed by atoms with Gasteiger partial charge in [-0.25, -0.2) is 0 Å². The minimum absolute atomic E-state index is 0.0308. The monoisotopic (exact) mass is 470 g/mol. The summed E-state index contributed by atoms with van der Waals surface area (Å²) in [6.07, 6.45) is -0.0444. The van der Waals surface area contributed by atoms with Gasteiger partial charge in [-0.1, -0.05) is 55.4 Å². The Morgan fingerprint density at radius 1 is 0.667 bits per heavy atom. The zero-order valence-electron chi connectivity index (χ0n) is 21.7. The molecule has 0 amide bonds. The number of fused-ring (bicyclic) bond motifs is 2. The largest absolute Gasteiger partial charge is 0.390 e. The number of rotatable bonds is 6. The summed E-state index contributed by atoms with van der Waals surface area (Å²) in [5, 5.41) is 10.6. The Morgan fingerprint density at radius 2 is 1.21 bits per heavy atom. The molecule has 192 valence electrons. The van der Waals surface area contributed by atoms with E-state index >= 15 is 0 Å². The molecule has 1 N–H and O–H groups in total. The van der Waals surface area contributed by atoms with Crippen LogP contribution in [0.1, 0.15) is 68.2 Å². The van der Waals surface area contributed by atoms with Gasteiger partial charge in [0, 0.05) is 17.8 Å². The van der Waals surface area contributed by atoms with Gasteiger partial charge in [0.2, 0.25) is 0 Å². The van der Waals surface area contributed by atoms with Crippen molar-refractivity contribution in [3.8, 4) is 0 Å². The Kier molecular flexibility index (Phi) is 8.11. The number of aliphatic hydroxyl groups is 1. The zero-order chi connectivity index (χ0) is 24.0. The van der Waals surface area contributed by atoms with Crippen LogP contribution in [0.5, 0.6) is 0 Å². The molecular weight excluding hydrogens is 424 g/mol. The Labute approximate surface area is 199 Å². The lowest BCUT2D eigenvalue weighted by molar-refractivity contribution is -0.340. The Balaban J connectivity index is 1.44. The fourth-order valence-electron chi connectivity index (χ4n) is 6.02. The molecule has 0 spiro atoms. The highest BCUT2D eigenvalue weighted by Gasteiger charge is 2.51. The molecule has 0 aliphatic carbocycles. The van der Waals surface area contributed by atoms with Gasteiger partial charge in [0.1, 0.15) is 6.10 Å². The third-order valence-corrected chi connectivity index (χ3v) is 9.20. The molecule has 33 heavy (non-hydrogen) atoms. The SMILES string of the molecule is CCC1O[C@@H](O[C@@H]2C(CC)O[C@@H](O[C@H]3C(C)C(C)[C@@H]4OC[C@@H]3O4)C(C)[C@H]2C)C(C)[C@@H](C)[C@@H]1O. The van der Waals surface area contributed by atoms with E-state index in [-0.39, 0.29) is 79.0 Å². The van der Waals surface area contributed by atoms with E-state index in [4.69, 9.17) is 28.4 Å². The number of hydrogen-bond donors (Lipinski definition) is 1. The lowest BCUT2D eigenvalue weighted by Gasteiger charge is -2.49. The van der Waals surface area contributed by atoms with Gasteiger partial charge < -0.3 is 33.5 Å². The van der Waals surface area contributed by atoms with Gasteiger partial charge in [-0.05, 0) is 30.6 Å². The van der Waals surface area contributed by atoms with Crippen molar-refractivity contribution < 1.29 is 33.5 Å². The van der Waals surface area contributed by atoms with Crippen LogP contribution in [-0.2, 0) is 28.4 Å². The first-order valence-corrected chi connectivity index (χ1v) is 13.2. The van der Waals surface area contributed by atoms with E-state index in [0.29, 0.717) is 12.5 Å². The maximum Gasteiger partial charge on any atom is 0.161 e. The van der Waals surface area contributed by atoms with Gasteiger partial charge in [0.25, 0.3) is 0 Å². The Hall–Kier alpha value is -0.280. The van der Waals surface area contributed by atoms with Gasteiger partial charge in [-0.3, -0.25) is 0 Å². The molecule has 4 fully saturated rings. The van der Waals surface area contributed by atoms with E-state index < -0.39 is 6.10 Å². The molecule has 4 aliphatic heterocycles. The van der Waals surface area contributed by atoms with Crippen LogP contribution in [0.15, 0.2) is 0 Å². The maximum absolute atomic E-state index is 10.6. The highest BCUT2D eigenvalue weighted by atomic mass is 16.8. The predicted molar refractivity (Wildman–Crippen MR) is 123 cm³/mol. The summed E-state index contributed by atoms with van der Waals surface area (Å²) in [6.45, 7) is 17.8. The normalized spacial score (nSPS) is 55.0. The van der Waals surface area contributed by atoms with Crippen LogP contribution in [0, 0.1) is 35.5 Å². The minimum Gasteiger partial charge on any atom is -0.390 e. The first kappa shape index (κ1) is 25.8. The molecule has 0 radical (unpaired) electrons. The quantitative estimate of drug-likeness (QED) is 0.630. The second kappa shape index (κ2) is 10.4. The molecule has 4 saturated heterocycles. The van der Waals surface area contributed by atoms with Crippen molar-refractivity contribution in [2.24, 2.45) is 35.5 Å². The highest BCUT2D eigenvalue weighted by molar-refractivity contribution is 4.93. The summed E-state index contributed by atoms with van der Waals surface area (Å²) < 4.78 is 37.9. The smallest absolute Gasteiger partial charge is 0.161 e. The Bertz CT molecular complexity index is 642. The summed E-state index contributed by atoms with van der Waals surface area (Å²) >= 11 is 0. The van der Waals surface area contributed by atoms with Crippen LogP contribution in [-0.4, -0.2) is 67.2 Å². The molecule has 7 nitrogen and oxygen atoms in total. The maximum atomic E-state index is 10.6. The fourth-order valence-corrected chi connectivity index (χ4v) is 6.02. The molecule has 0 aromatic heterocycles. The summed E-state index contributed by atoms with van der Waals surface area (Å²) in [4.78, 5) is 0. The topological polar surface area (TPSA) is 75.6 Å². The number of aliphatic hydroxyl groups excluding tert-OH is 1. The molecule has 2 bridgehead atoms. The second-order valence-electron chi connectivity index (χ2n) is 11.1. The van der Waals surface area contributed by atoms with Gasteiger partial charge in [0.05, 0.1) is 37.1 Å². The van der Waals surface area contributed by atoms with Crippen LogP contribution in [0.2, 0.25) is 0 Å². The van der Waals surface area contributed by atoms with E-state index in [1.54, 1.807) is 0 Å². The Morgan fingerprint density at radius 3 is 1.85 bits per heavy atom. The molecule has 7 heteroatoms. The first-order chi connectivity index (χ1) is 15.7. The fraction of sp³-hybridized carbons (Fsp3) is 1.00. The molecular formula is C26H46O7. The summed E-state index contributed by atoms with van der Waals surface area (Å²) in [6, 6.07) is 0. The molecule has 6 unspecified atom stereocenters. The molecule has 4 rings (SSSR count). The lowest BCUT2D eigenvalue weighted by atomic mass is 9.81. The standard InChI is InChI=1S/C26H46O7/c1-9-18-21(27)12(3)15(6)25(29-18)32-22-14(5)17(8)26(30-19(22)10-2)33-23-13(4)16(7)24-28-11-20(23)31-24/h12-27H,9-11H2,1-8H3/t12-,13?,14-,15?,16?,17?,18?,19?,20+,21+,22+,23+,24-,25+,26+/m1/s1. The van der Waals surface area contributed by atoms with Crippen LogP contribution >= 0.6 is 0 Å². The van der Waals surface area contributed by atoms with Gasteiger partial charge >= 0.3 is 0 Å². The van der Waals surface area contributed by atoms with Crippen molar-refractivity contribution in [1.29, 1.82) is 0 Å². The summed E-state index contributed by atoms with van der Waals surface area (Å²) in [5.74, 6) is 1.24. The van der Waals surface area contributed by atoms with E-state index in [1.165, 1.54) is 0 Å². The van der Waals surface area contributed by atoms with Crippen LogP contribution in [0.4, 0.5) is 0 Å². The minimum atomic E-state index is -0.454. The van der Waals surface area contributed by atoms with Crippen molar-refractivity contribution >= 4 is 0 Å². The average molecular weight is 471 g/mol. The number of ether oxygens (including phenoxy) is 6. The van der Waals surface area contributed by atoms with Crippen molar-refractivity contribution in [3.63, 3.8) is 0 Å². The zero-order valence-corrected chi connectivity index (χ0v) is 21.7. The summed E-state index contributed by atoms with van der Waals surface area (Å²) in [7, 11) is 0. The molecule has 0 aromatic rings. The third kappa shape index (κ3) is 4.76. The average Bonchev–Trinajstić information content (AvgIpc) is 3.26. The highest BCUT2D eigenvalue weighted by Crippen LogP contribution is 2.42. The van der Waals surface area contributed by atoms with Crippen LogP contribution < -0.4 is 0 Å².